The molecule has 2 amide bonds. The van der Waals surface area contributed by atoms with E-state index in [1.54, 1.807) is 7.05 Å². The van der Waals surface area contributed by atoms with Crippen molar-refractivity contribution in [1.82, 2.24) is 10.2 Å². The zero-order chi connectivity index (χ0) is 15.4. The van der Waals surface area contributed by atoms with E-state index in [2.05, 4.69) is 41.4 Å². The maximum atomic E-state index is 12.0. The minimum atomic E-state index is -0.173. The van der Waals surface area contributed by atoms with Crippen LogP contribution in [-0.2, 0) is 6.42 Å². The van der Waals surface area contributed by atoms with E-state index in [9.17, 15) is 4.79 Å². The summed E-state index contributed by atoms with van der Waals surface area (Å²) in [6.45, 7) is 5.51. The van der Waals surface area contributed by atoms with Gasteiger partial charge in [-0.2, -0.15) is 0 Å². The zero-order valence-electron chi connectivity index (χ0n) is 13.0. The monoisotopic (exact) mass is 291 g/mol. The minimum absolute atomic E-state index is 0.0288. The highest BCUT2D eigenvalue weighted by Crippen LogP contribution is 2.28. The summed E-state index contributed by atoms with van der Waals surface area (Å²) >= 11 is 0. The number of carbonyl (C=O) groups is 1. The number of hydrogen-bond acceptors (Lipinski definition) is 3. The molecular formula is C16H25N3O2. The molecule has 0 saturated carbocycles. The van der Waals surface area contributed by atoms with Crippen molar-refractivity contribution in [2.75, 3.05) is 31.6 Å². The predicted molar refractivity (Wildman–Crippen MR) is 84.7 cm³/mol. The van der Waals surface area contributed by atoms with Crippen molar-refractivity contribution in [3.8, 4) is 0 Å². The molecular weight excluding hydrogens is 266 g/mol. The van der Waals surface area contributed by atoms with Gasteiger partial charge in [-0.25, -0.2) is 4.79 Å². The van der Waals surface area contributed by atoms with Gasteiger partial charge in [0.2, 0.25) is 0 Å². The molecule has 5 nitrogen and oxygen atoms in total. The summed E-state index contributed by atoms with van der Waals surface area (Å²) in [6.07, 6.45) is 1.07. The van der Waals surface area contributed by atoms with Gasteiger partial charge >= 0.3 is 6.03 Å². The lowest BCUT2D eigenvalue weighted by molar-refractivity contribution is 0.157. The van der Waals surface area contributed by atoms with Crippen molar-refractivity contribution < 1.29 is 9.90 Å². The van der Waals surface area contributed by atoms with E-state index in [1.807, 2.05) is 6.92 Å². The molecule has 0 radical (unpaired) electrons. The summed E-state index contributed by atoms with van der Waals surface area (Å²) in [7, 11) is 1.70. The van der Waals surface area contributed by atoms with Gasteiger partial charge in [-0.1, -0.05) is 18.2 Å². The van der Waals surface area contributed by atoms with Crippen LogP contribution in [0.1, 0.15) is 19.4 Å². The number of rotatable bonds is 5. The Morgan fingerprint density at radius 3 is 2.86 bits per heavy atom. The maximum Gasteiger partial charge on any atom is 0.317 e. The van der Waals surface area contributed by atoms with Gasteiger partial charge in [-0.05, 0) is 31.9 Å². The lowest BCUT2D eigenvalue weighted by Gasteiger charge is -2.29. The molecule has 5 heteroatoms. The molecule has 21 heavy (non-hydrogen) atoms. The number of likely N-dealkylation sites (N-methyl/N-ethyl adjacent to an activating group) is 1. The molecule has 0 fully saturated rings. The van der Waals surface area contributed by atoms with Gasteiger partial charge < -0.3 is 20.2 Å². The van der Waals surface area contributed by atoms with Crippen LogP contribution in [0.25, 0.3) is 0 Å². The van der Waals surface area contributed by atoms with Gasteiger partial charge in [0.05, 0.1) is 12.6 Å². The van der Waals surface area contributed by atoms with Crippen LogP contribution in [-0.4, -0.2) is 54.9 Å². The van der Waals surface area contributed by atoms with Gasteiger partial charge in [0.1, 0.15) is 0 Å². The SMILES string of the molecule is CC(CO)N(C)C(=O)NCC(C)N1CCc2ccccc21. The average molecular weight is 291 g/mol. The van der Waals surface area contributed by atoms with Crippen LogP contribution in [0.5, 0.6) is 0 Å². The van der Waals surface area contributed by atoms with Gasteiger partial charge in [0.15, 0.2) is 0 Å². The highest BCUT2D eigenvalue weighted by molar-refractivity contribution is 5.74. The van der Waals surface area contributed by atoms with E-state index in [4.69, 9.17) is 5.11 Å². The lowest BCUT2D eigenvalue weighted by atomic mass is 10.2. The van der Waals surface area contributed by atoms with Crippen molar-refractivity contribution in [3.63, 3.8) is 0 Å². The van der Waals surface area contributed by atoms with E-state index in [0.717, 1.165) is 13.0 Å². The molecule has 2 N–H and O–H groups in total. The molecule has 0 spiro atoms. The van der Waals surface area contributed by atoms with Crippen LogP contribution >= 0.6 is 0 Å². The first-order valence-corrected chi connectivity index (χ1v) is 7.50. The third-order valence-corrected chi connectivity index (χ3v) is 4.25. The third kappa shape index (κ3) is 3.47. The fraction of sp³-hybridized carbons (Fsp3) is 0.562. The Labute approximate surface area is 126 Å². The van der Waals surface area contributed by atoms with Crippen LogP contribution in [0.2, 0.25) is 0 Å². The van der Waals surface area contributed by atoms with E-state index < -0.39 is 0 Å². The molecule has 0 aliphatic carbocycles. The van der Waals surface area contributed by atoms with Crippen molar-refractivity contribution in [2.45, 2.75) is 32.4 Å². The lowest BCUT2D eigenvalue weighted by Crippen LogP contribution is -2.48. The molecule has 2 rings (SSSR count). The van der Waals surface area contributed by atoms with E-state index in [-0.39, 0.29) is 24.7 Å². The summed E-state index contributed by atoms with van der Waals surface area (Å²) in [5, 5.41) is 12.0. The Morgan fingerprint density at radius 1 is 1.43 bits per heavy atom. The molecule has 116 valence electrons. The predicted octanol–water partition coefficient (Wildman–Crippen LogP) is 1.46. The Morgan fingerprint density at radius 2 is 2.14 bits per heavy atom. The molecule has 0 saturated heterocycles. The van der Waals surface area contributed by atoms with Crippen molar-refractivity contribution in [3.05, 3.63) is 29.8 Å². The smallest absolute Gasteiger partial charge is 0.317 e. The highest BCUT2D eigenvalue weighted by Gasteiger charge is 2.23. The molecule has 1 aliphatic rings. The number of aliphatic hydroxyl groups is 1. The number of amides is 2. The molecule has 1 aromatic carbocycles. The molecule has 2 atom stereocenters. The zero-order valence-corrected chi connectivity index (χ0v) is 13.0. The summed E-state index contributed by atoms with van der Waals surface area (Å²) < 4.78 is 0. The molecule has 1 heterocycles. The molecule has 0 aromatic heterocycles. The number of carbonyl (C=O) groups excluding carboxylic acids is 1. The standard InChI is InChI=1S/C16H25N3O2/c1-12(10-17-16(21)18(3)13(2)11-20)19-9-8-14-6-4-5-7-15(14)19/h4-7,12-13,20H,8-11H2,1-3H3,(H,17,21). The number of anilines is 1. The average Bonchev–Trinajstić information content (AvgIpc) is 2.94. The molecule has 1 aliphatic heterocycles. The fourth-order valence-corrected chi connectivity index (χ4v) is 2.61. The number of para-hydroxylation sites is 1. The largest absolute Gasteiger partial charge is 0.394 e. The second-order valence-electron chi connectivity index (χ2n) is 5.75. The van der Waals surface area contributed by atoms with Crippen LogP contribution in [0.4, 0.5) is 10.5 Å². The Bertz CT molecular complexity index is 492. The third-order valence-electron chi connectivity index (χ3n) is 4.25. The fourth-order valence-electron chi connectivity index (χ4n) is 2.61. The molecule has 1 aromatic rings. The number of hydrogen-bond donors (Lipinski definition) is 2. The van der Waals surface area contributed by atoms with Gasteiger partial charge in [0.25, 0.3) is 0 Å². The first-order valence-electron chi connectivity index (χ1n) is 7.50. The second-order valence-corrected chi connectivity index (χ2v) is 5.75. The van der Waals surface area contributed by atoms with Crippen molar-refractivity contribution >= 4 is 11.7 Å². The van der Waals surface area contributed by atoms with Crippen molar-refractivity contribution in [1.29, 1.82) is 0 Å². The van der Waals surface area contributed by atoms with Crippen LogP contribution in [0.15, 0.2) is 24.3 Å². The van der Waals surface area contributed by atoms with Crippen LogP contribution in [0, 0.1) is 0 Å². The van der Waals surface area contributed by atoms with Crippen LogP contribution in [0.3, 0.4) is 0 Å². The summed E-state index contributed by atoms with van der Waals surface area (Å²) in [5.41, 5.74) is 2.65. The Kier molecular flexibility index (Phi) is 5.07. The summed E-state index contributed by atoms with van der Waals surface area (Å²) in [4.78, 5) is 15.9. The second kappa shape index (κ2) is 6.80. The van der Waals surface area contributed by atoms with Gasteiger partial charge in [-0.15, -0.1) is 0 Å². The number of nitrogens with zero attached hydrogens (tertiary/aromatic N) is 2. The summed E-state index contributed by atoms with van der Waals surface area (Å²) in [6, 6.07) is 8.36. The van der Waals surface area contributed by atoms with Gasteiger partial charge in [0, 0.05) is 31.9 Å². The minimum Gasteiger partial charge on any atom is -0.394 e. The first kappa shape index (κ1) is 15.6. The Hall–Kier alpha value is -1.75. The van der Waals surface area contributed by atoms with E-state index in [0.29, 0.717) is 6.54 Å². The maximum absolute atomic E-state index is 12.0. The molecule has 0 bridgehead atoms. The Balaban J connectivity index is 1.89. The molecule has 2 unspecified atom stereocenters. The quantitative estimate of drug-likeness (QED) is 0.863. The topological polar surface area (TPSA) is 55.8 Å². The van der Waals surface area contributed by atoms with Crippen molar-refractivity contribution in [2.24, 2.45) is 0 Å². The van der Waals surface area contributed by atoms with E-state index >= 15 is 0 Å². The number of urea groups is 1. The number of benzene rings is 1. The van der Waals surface area contributed by atoms with Gasteiger partial charge in [-0.3, -0.25) is 0 Å². The number of nitrogens with one attached hydrogen (secondary N) is 1. The highest BCUT2D eigenvalue weighted by atomic mass is 16.3. The first-order chi connectivity index (χ1) is 10.0. The van der Waals surface area contributed by atoms with Crippen LogP contribution < -0.4 is 10.2 Å². The summed E-state index contributed by atoms with van der Waals surface area (Å²) in [5.74, 6) is 0. The number of fused-ring (bicyclic) bond motifs is 1. The number of aliphatic hydroxyl groups excluding tert-OH is 1. The van der Waals surface area contributed by atoms with E-state index in [1.165, 1.54) is 16.2 Å². The normalized spacial score (nSPS) is 16.3.